The van der Waals surface area contributed by atoms with Gasteiger partial charge in [-0.1, -0.05) is 37.3 Å². The molecule has 0 aliphatic rings. The first kappa shape index (κ1) is 19.8. The number of nitrogens with one attached hydrogen (secondary N) is 1. The van der Waals surface area contributed by atoms with E-state index in [0.29, 0.717) is 11.3 Å². The van der Waals surface area contributed by atoms with Gasteiger partial charge in [-0.05, 0) is 54.6 Å². The van der Waals surface area contributed by atoms with Crippen LogP contribution < -0.4 is 10.6 Å². The van der Waals surface area contributed by atoms with E-state index in [1.54, 1.807) is 35.6 Å². The lowest BCUT2D eigenvalue weighted by molar-refractivity contribution is -0.703. The molecule has 1 amide bonds. The van der Waals surface area contributed by atoms with Crippen LogP contribution in [0.15, 0.2) is 66.0 Å². The standard InChI is InChI=1S/C23H23N3OS/c1-3-17-6-10-19(11-7-17)22(21-5-4-14-28-21)25-16(2)23(27)26-20-12-8-18(15-24)9-13-20/h4-14,16,22,25H,3H2,1-2H3,(H,26,27)/p+1/t16-,22-/m1/s1. The van der Waals surface area contributed by atoms with Crippen molar-refractivity contribution in [2.75, 3.05) is 5.32 Å². The Morgan fingerprint density at radius 2 is 1.86 bits per heavy atom. The molecule has 2 atom stereocenters. The summed E-state index contributed by atoms with van der Waals surface area (Å²) in [7, 11) is 0. The van der Waals surface area contributed by atoms with Gasteiger partial charge in [-0.15, -0.1) is 11.3 Å². The van der Waals surface area contributed by atoms with Crippen LogP contribution in [0.4, 0.5) is 5.69 Å². The van der Waals surface area contributed by atoms with Gasteiger partial charge in [-0.2, -0.15) is 5.26 Å². The molecule has 3 N–H and O–H groups in total. The van der Waals surface area contributed by atoms with Gasteiger partial charge in [0.25, 0.3) is 5.91 Å². The molecule has 1 heterocycles. The van der Waals surface area contributed by atoms with Gasteiger partial charge >= 0.3 is 0 Å². The molecule has 0 aliphatic heterocycles. The number of hydrogen-bond acceptors (Lipinski definition) is 3. The molecule has 3 aromatic rings. The third-order valence-corrected chi connectivity index (χ3v) is 5.73. The van der Waals surface area contributed by atoms with E-state index >= 15 is 0 Å². The lowest BCUT2D eigenvalue weighted by Gasteiger charge is -2.19. The Kier molecular flexibility index (Phi) is 6.59. The first-order valence-electron chi connectivity index (χ1n) is 9.39. The number of nitrogens with two attached hydrogens (primary N) is 1. The highest BCUT2D eigenvalue weighted by Gasteiger charge is 2.25. The Balaban J connectivity index is 1.73. The van der Waals surface area contributed by atoms with Crippen LogP contribution in [-0.4, -0.2) is 11.9 Å². The largest absolute Gasteiger partial charge is 0.326 e. The Bertz CT molecular complexity index is 941. The van der Waals surface area contributed by atoms with Crippen molar-refractivity contribution in [2.24, 2.45) is 0 Å². The van der Waals surface area contributed by atoms with Crippen LogP contribution in [0.2, 0.25) is 0 Å². The van der Waals surface area contributed by atoms with E-state index in [1.165, 1.54) is 16.0 Å². The second kappa shape index (κ2) is 9.32. The van der Waals surface area contributed by atoms with Crippen molar-refractivity contribution >= 4 is 22.9 Å². The molecule has 0 unspecified atom stereocenters. The third-order valence-electron chi connectivity index (χ3n) is 4.77. The van der Waals surface area contributed by atoms with Crippen LogP contribution in [0.1, 0.15) is 41.5 Å². The molecule has 4 nitrogen and oxygen atoms in total. The van der Waals surface area contributed by atoms with Crippen molar-refractivity contribution in [2.45, 2.75) is 32.4 Å². The van der Waals surface area contributed by atoms with Gasteiger partial charge in [0.05, 0.1) is 16.5 Å². The average molecular weight is 391 g/mol. The molecule has 1 aromatic heterocycles. The Morgan fingerprint density at radius 1 is 1.14 bits per heavy atom. The number of anilines is 1. The van der Waals surface area contributed by atoms with Crippen molar-refractivity contribution < 1.29 is 10.1 Å². The van der Waals surface area contributed by atoms with E-state index in [0.717, 1.165) is 6.42 Å². The summed E-state index contributed by atoms with van der Waals surface area (Å²) < 4.78 is 0. The Hall–Kier alpha value is -2.94. The lowest BCUT2D eigenvalue weighted by atomic mass is 10.0. The summed E-state index contributed by atoms with van der Waals surface area (Å²) >= 11 is 1.70. The number of rotatable bonds is 7. The summed E-state index contributed by atoms with van der Waals surface area (Å²) in [5.41, 5.74) is 3.77. The third kappa shape index (κ3) is 4.86. The molecular weight excluding hydrogens is 366 g/mol. The van der Waals surface area contributed by atoms with Crippen LogP contribution in [-0.2, 0) is 11.2 Å². The van der Waals surface area contributed by atoms with E-state index < -0.39 is 0 Å². The minimum Gasteiger partial charge on any atom is -0.326 e. The van der Waals surface area contributed by atoms with Crippen LogP contribution in [0.5, 0.6) is 0 Å². The summed E-state index contributed by atoms with van der Waals surface area (Å²) in [5.74, 6) is -0.0588. The number of benzene rings is 2. The highest BCUT2D eigenvalue weighted by atomic mass is 32.1. The van der Waals surface area contributed by atoms with Gasteiger partial charge in [-0.3, -0.25) is 4.79 Å². The normalized spacial score (nSPS) is 12.8. The topological polar surface area (TPSA) is 69.5 Å². The molecule has 0 fully saturated rings. The van der Waals surface area contributed by atoms with Crippen molar-refractivity contribution in [1.29, 1.82) is 5.26 Å². The fraction of sp³-hybridized carbons (Fsp3) is 0.217. The molecule has 3 rings (SSSR count). The average Bonchev–Trinajstić information content (AvgIpc) is 3.27. The molecule has 0 bridgehead atoms. The number of amides is 1. The summed E-state index contributed by atoms with van der Waals surface area (Å²) in [6, 6.07) is 21.6. The molecule has 0 saturated heterocycles. The molecule has 142 valence electrons. The summed E-state index contributed by atoms with van der Waals surface area (Å²) in [6.45, 7) is 4.06. The Labute approximate surface area is 169 Å². The number of nitrogens with zero attached hydrogens (tertiary/aromatic N) is 1. The van der Waals surface area contributed by atoms with E-state index in [2.05, 4.69) is 59.3 Å². The number of thiophene rings is 1. The monoisotopic (exact) mass is 390 g/mol. The van der Waals surface area contributed by atoms with Gasteiger partial charge in [0.2, 0.25) is 0 Å². The van der Waals surface area contributed by atoms with Gasteiger partial charge in [0.1, 0.15) is 6.04 Å². The highest BCUT2D eigenvalue weighted by molar-refractivity contribution is 7.10. The zero-order valence-electron chi connectivity index (χ0n) is 16.1. The van der Waals surface area contributed by atoms with Gasteiger partial charge in [0, 0.05) is 11.3 Å². The molecule has 0 aliphatic carbocycles. The summed E-state index contributed by atoms with van der Waals surface area (Å²) in [6.07, 6.45) is 1.01. The number of hydrogen-bond donors (Lipinski definition) is 2. The lowest BCUT2D eigenvalue weighted by Crippen LogP contribution is -2.92. The van der Waals surface area contributed by atoms with Crippen LogP contribution >= 0.6 is 11.3 Å². The molecule has 5 heteroatoms. The second-order valence-electron chi connectivity index (χ2n) is 6.75. The zero-order valence-corrected chi connectivity index (χ0v) is 16.9. The van der Waals surface area contributed by atoms with Gasteiger partial charge in [-0.25, -0.2) is 0 Å². The zero-order chi connectivity index (χ0) is 19.9. The molecule has 0 radical (unpaired) electrons. The van der Waals surface area contributed by atoms with E-state index in [-0.39, 0.29) is 18.0 Å². The fourth-order valence-corrected chi connectivity index (χ4v) is 3.89. The SMILES string of the molecule is CCc1ccc([C@@H]([NH2+][C@H](C)C(=O)Nc2ccc(C#N)cc2)c2cccs2)cc1. The minimum atomic E-state index is -0.270. The fourth-order valence-electron chi connectivity index (χ4n) is 3.06. The first-order chi connectivity index (χ1) is 13.6. The van der Waals surface area contributed by atoms with Crippen molar-refractivity contribution in [3.05, 3.63) is 87.6 Å². The highest BCUT2D eigenvalue weighted by Crippen LogP contribution is 2.23. The van der Waals surface area contributed by atoms with E-state index in [4.69, 9.17) is 5.26 Å². The van der Waals surface area contributed by atoms with Crippen LogP contribution in [0.25, 0.3) is 0 Å². The van der Waals surface area contributed by atoms with E-state index in [1.807, 2.05) is 13.0 Å². The Morgan fingerprint density at radius 3 is 2.43 bits per heavy atom. The molecule has 2 aromatic carbocycles. The minimum absolute atomic E-state index is 0.0588. The first-order valence-corrected chi connectivity index (χ1v) is 10.3. The number of aryl methyl sites for hydroxylation is 1. The number of carbonyl (C=O) groups is 1. The molecule has 0 spiro atoms. The van der Waals surface area contributed by atoms with Gasteiger partial charge < -0.3 is 10.6 Å². The number of carbonyl (C=O) groups excluding carboxylic acids is 1. The summed E-state index contributed by atoms with van der Waals surface area (Å²) in [5, 5.41) is 16.0. The van der Waals surface area contributed by atoms with Crippen molar-refractivity contribution in [1.82, 2.24) is 0 Å². The van der Waals surface area contributed by atoms with Crippen LogP contribution in [0.3, 0.4) is 0 Å². The number of quaternary nitrogens is 1. The molecule has 28 heavy (non-hydrogen) atoms. The smallest absolute Gasteiger partial charge is 0.282 e. The quantitative estimate of drug-likeness (QED) is 0.643. The second-order valence-corrected chi connectivity index (χ2v) is 7.73. The van der Waals surface area contributed by atoms with Crippen molar-refractivity contribution in [3.63, 3.8) is 0 Å². The predicted molar refractivity (Wildman–Crippen MR) is 113 cm³/mol. The maximum Gasteiger partial charge on any atom is 0.282 e. The summed E-state index contributed by atoms with van der Waals surface area (Å²) in [4.78, 5) is 13.9. The predicted octanol–water partition coefficient (Wildman–Crippen LogP) is 3.86. The van der Waals surface area contributed by atoms with Crippen LogP contribution in [0, 0.1) is 11.3 Å². The molecule has 0 saturated carbocycles. The van der Waals surface area contributed by atoms with Crippen molar-refractivity contribution in [3.8, 4) is 6.07 Å². The maximum absolute atomic E-state index is 12.7. The molecular formula is C23H24N3OS+. The van der Waals surface area contributed by atoms with Gasteiger partial charge in [0.15, 0.2) is 6.04 Å². The van der Waals surface area contributed by atoms with E-state index in [9.17, 15) is 4.79 Å². The maximum atomic E-state index is 12.7. The number of nitriles is 1.